The first kappa shape index (κ1) is 17.6. The van der Waals surface area contributed by atoms with Crippen LogP contribution in [0.1, 0.15) is 61.7 Å². The third-order valence-electron chi connectivity index (χ3n) is 3.81. The van der Waals surface area contributed by atoms with Crippen LogP contribution in [0.4, 0.5) is 0 Å². The Morgan fingerprint density at radius 1 is 1.36 bits per heavy atom. The summed E-state index contributed by atoms with van der Waals surface area (Å²) in [6, 6.07) is 2.74. The van der Waals surface area contributed by atoms with E-state index in [4.69, 9.17) is 4.42 Å². The molecule has 0 aromatic carbocycles. The van der Waals surface area contributed by atoms with Crippen LogP contribution in [-0.2, 0) is 4.79 Å². The van der Waals surface area contributed by atoms with E-state index in [0.29, 0.717) is 11.5 Å². The SMILES string of the molecule is Cc1ccc([C@H](C(=O)NC(C)(C)C)N(C(=O)c2csnn2)C2CC2)o1. The fourth-order valence-corrected chi connectivity index (χ4v) is 3.10. The van der Waals surface area contributed by atoms with E-state index in [-0.39, 0.29) is 23.6 Å². The van der Waals surface area contributed by atoms with Gasteiger partial charge in [0, 0.05) is 17.0 Å². The second-order valence-corrected chi connectivity index (χ2v) is 7.93. The normalized spacial score (nSPS) is 15.7. The highest BCUT2D eigenvalue weighted by Crippen LogP contribution is 2.36. The van der Waals surface area contributed by atoms with E-state index in [2.05, 4.69) is 14.9 Å². The van der Waals surface area contributed by atoms with E-state index in [1.165, 1.54) is 0 Å². The summed E-state index contributed by atoms with van der Waals surface area (Å²) in [5, 5.41) is 8.44. The van der Waals surface area contributed by atoms with Crippen molar-refractivity contribution in [2.45, 2.75) is 58.2 Å². The lowest BCUT2D eigenvalue weighted by atomic mass is 10.1. The summed E-state index contributed by atoms with van der Waals surface area (Å²) in [6.07, 6.45) is 1.73. The van der Waals surface area contributed by atoms with Crippen LogP contribution in [0.15, 0.2) is 21.9 Å². The van der Waals surface area contributed by atoms with Gasteiger partial charge in [-0.3, -0.25) is 9.59 Å². The van der Waals surface area contributed by atoms with Gasteiger partial charge in [0.05, 0.1) is 0 Å². The number of carbonyl (C=O) groups is 2. The van der Waals surface area contributed by atoms with Gasteiger partial charge in [0.2, 0.25) is 0 Å². The maximum Gasteiger partial charge on any atom is 0.276 e. The van der Waals surface area contributed by atoms with E-state index in [9.17, 15) is 9.59 Å². The maximum absolute atomic E-state index is 13.0. The number of hydrogen-bond acceptors (Lipinski definition) is 6. The molecule has 2 amide bonds. The number of nitrogens with zero attached hydrogens (tertiary/aromatic N) is 3. The fraction of sp³-hybridized carbons (Fsp3) is 0.529. The monoisotopic (exact) mass is 362 g/mol. The highest BCUT2D eigenvalue weighted by Gasteiger charge is 2.44. The molecule has 1 N–H and O–H groups in total. The summed E-state index contributed by atoms with van der Waals surface area (Å²) in [4.78, 5) is 27.6. The molecule has 1 aliphatic carbocycles. The smallest absolute Gasteiger partial charge is 0.276 e. The Kier molecular flexibility index (Phi) is 4.64. The van der Waals surface area contributed by atoms with Crippen molar-refractivity contribution >= 4 is 23.3 Å². The first-order valence-electron chi connectivity index (χ1n) is 8.24. The van der Waals surface area contributed by atoms with Gasteiger partial charge in [-0.1, -0.05) is 4.49 Å². The summed E-state index contributed by atoms with van der Waals surface area (Å²) < 4.78 is 9.49. The number of aromatic nitrogens is 2. The van der Waals surface area contributed by atoms with Gasteiger partial charge in [-0.25, -0.2) is 0 Å². The predicted molar refractivity (Wildman–Crippen MR) is 93.2 cm³/mol. The third kappa shape index (κ3) is 4.07. The molecule has 2 aromatic rings. The number of furan rings is 1. The maximum atomic E-state index is 13.0. The van der Waals surface area contributed by atoms with E-state index in [1.807, 2.05) is 27.7 Å². The predicted octanol–water partition coefficient (Wildman–Crippen LogP) is 2.70. The van der Waals surface area contributed by atoms with Crippen LogP contribution in [0.5, 0.6) is 0 Å². The molecule has 0 aliphatic heterocycles. The average molecular weight is 362 g/mol. The van der Waals surface area contributed by atoms with Crippen LogP contribution in [0.3, 0.4) is 0 Å². The first-order valence-corrected chi connectivity index (χ1v) is 9.08. The second-order valence-electron chi connectivity index (χ2n) is 7.32. The van der Waals surface area contributed by atoms with Crippen molar-refractivity contribution < 1.29 is 14.0 Å². The lowest BCUT2D eigenvalue weighted by Crippen LogP contribution is -2.50. The summed E-state index contributed by atoms with van der Waals surface area (Å²) in [5.41, 5.74) is -0.161. The average Bonchev–Trinajstić information content (AvgIpc) is 3.02. The summed E-state index contributed by atoms with van der Waals surface area (Å²) in [5.74, 6) is 0.606. The highest BCUT2D eigenvalue weighted by molar-refractivity contribution is 7.03. The van der Waals surface area contributed by atoms with Crippen molar-refractivity contribution in [1.82, 2.24) is 19.8 Å². The molecular weight excluding hydrogens is 340 g/mol. The van der Waals surface area contributed by atoms with Gasteiger partial charge in [-0.15, -0.1) is 5.10 Å². The van der Waals surface area contributed by atoms with Gasteiger partial charge in [-0.2, -0.15) is 0 Å². The fourth-order valence-electron chi connectivity index (χ4n) is 2.67. The van der Waals surface area contributed by atoms with Crippen molar-refractivity contribution in [2.24, 2.45) is 0 Å². The lowest BCUT2D eigenvalue weighted by Gasteiger charge is -2.32. The zero-order valence-corrected chi connectivity index (χ0v) is 15.6. The Balaban J connectivity index is 1.98. The molecule has 0 bridgehead atoms. The molecule has 0 radical (unpaired) electrons. The molecular formula is C17H22N4O3S. The number of aryl methyl sites for hydroxylation is 1. The quantitative estimate of drug-likeness (QED) is 0.883. The molecule has 1 atom stereocenters. The van der Waals surface area contributed by atoms with Gasteiger partial charge in [0.1, 0.15) is 11.5 Å². The van der Waals surface area contributed by atoms with Crippen LogP contribution < -0.4 is 5.32 Å². The number of rotatable bonds is 5. The molecule has 2 heterocycles. The Morgan fingerprint density at radius 2 is 2.08 bits per heavy atom. The van der Waals surface area contributed by atoms with Crippen molar-refractivity contribution in [3.05, 3.63) is 34.7 Å². The zero-order chi connectivity index (χ0) is 18.2. The Hall–Kier alpha value is -2.22. The van der Waals surface area contributed by atoms with Crippen molar-refractivity contribution in [1.29, 1.82) is 0 Å². The van der Waals surface area contributed by atoms with Crippen LogP contribution in [-0.4, -0.2) is 37.9 Å². The summed E-state index contributed by atoms with van der Waals surface area (Å²) in [6.45, 7) is 7.53. The number of nitrogens with one attached hydrogen (secondary N) is 1. The van der Waals surface area contributed by atoms with Crippen molar-refractivity contribution in [3.8, 4) is 0 Å². The molecule has 1 saturated carbocycles. The van der Waals surface area contributed by atoms with Crippen molar-refractivity contribution in [3.63, 3.8) is 0 Å². The minimum Gasteiger partial charge on any atom is -0.464 e. The molecule has 0 spiro atoms. The van der Waals surface area contributed by atoms with Gasteiger partial charge < -0.3 is 14.6 Å². The molecule has 134 valence electrons. The lowest BCUT2D eigenvalue weighted by molar-refractivity contribution is -0.128. The van der Waals surface area contributed by atoms with Gasteiger partial charge in [0.25, 0.3) is 11.8 Å². The molecule has 0 unspecified atom stereocenters. The van der Waals surface area contributed by atoms with E-state index >= 15 is 0 Å². The molecule has 0 saturated heterocycles. The molecule has 8 heteroatoms. The van der Waals surface area contributed by atoms with Crippen molar-refractivity contribution in [2.75, 3.05) is 0 Å². The molecule has 25 heavy (non-hydrogen) atoms. The zero-order valence-electron chi connectivity index (χ0n) is 14.8. The second kappa shape index (κ2) is 6.59. The highest BCUT2D eigenvalue weighted by atomic mass is 32.1. The van der Waals surface area contributed by atoms with Crippen LogP contribution in [0, 0.1) is 6.92 Å². The van der Waals surface area contributed by atoms with Gasteiger partial charge in [0.15, 0.2) is 11.7 Å². The molecule has 3 rings (SSSR count). The third-order valence-corrected chi connectivity index (χ3v) is 4.31. The molecule has 1 fully saturated rings. The Morgan fingerprint density at radius 3 is 2.56 bits per heavy atom. The first-order chi connectivity index (χ1) is 11.8. The minimum absolute atomic E-state index is 0.00956. The number of hydrogen-bond donors (Lipinski definition) is 1. The Bertz CT molecular complexity index is 759. The van der Waals surface area contributed by atoms with Gasteiger partial charge >= 0.3 is 0 Å². The van der Waals surface area contributed by atoms with Crippen LogP contribution in [0.2, 0.25) is 0 Å². The van der Waals surface area contributed by atoms with E-state index in [1.54, 1.807) is 22.4 Å². The molecule has 7 nitrogen and oxygen atoms in total. The summed E-state index contributed by atoms with van der Waals surface area (Å²) >= 11 is 1.11. The van der Waals surface area contributed by atoms with E-state index in [0.717, 1.165) is 24.4 Å². The van der Waals surface area contributed by atoms with Crippen LogP contribution in [0.25, 0.3) is 0 Å². The minimum atomic E-state index is -0.824. The van der Waals surface area contributed by atoms with Crippen LogP contribution >= 0.6 is 11.5 Å². The Labute approximate surface area is 150 Å². The number of carbonyl (C=O) groups excluding carboxylic acids is 2. The topological polar surface area (TPSA) is 88.3 Å². The molecule has 2 aromatic heterocycles. The summed E-state index contributed by atoms with van der Waals surface area (Å²) in [7, 11) is 0. The standard InChI is InChI=1S/C17H22N4O3S/c1-10-5-8-13(24-10)14(15(22)18-17(2,3)4)21(11-6-7-11)16(23)12-9-25-20-19-12/h5,8-9,11,14H,6-7H2,1-4H3,(H,18,22)/t14-/m1/s1. The van der Waals surface area contributed by atoms with E-state index < -0.39 is 11.6 Å². The van der Waals surface area contributed by atoms with Gasteiger partial charge in [-0.05, 0) is 64.2 Å². The molecule has 1 aliphatic rings. The number of amides is 2. The largest absolute Gasteiger partial charge is 0.464 e.